The van der Waals surface area contributed by atoms with Crippen molar-refractivity contribution < 1.29 is 17.9 Å². The van der Waals surface area contributed by atoms with Crippen LogP contribution in [0.25, 0.3) is 0 Å². The molecular weight excluding hydrogens is 372 g/mol. The molecule has 26 heavy (non-hydrogen) atoms. The summed E-state index contributed by atoms with van der Waals surface area (Å²) >= 11 is 1.55. The van der Waals surface area contributed by atoms with Crippen LogP contribution in [0.2, 0.25) is 0 Å². The molecule has 0 radical (unpaired) electrons. The van der Waals surface area contributed by atoms with Crippen LogP contribution in [0.3, 0.4) is 0 Å². The van der Waals surface area contributed by atoms with Gasteiger partial charge in [-0.3, -0.25) is 9.52 Å². The predicted octanol–water partition coefficient (Wildman–Crippen LogP) is 2.68. The Morgan fingerprint density at radius 2 is 1.65 bits per heavy atom. The first kappa shape index (κ1) is 18.8. The minimum absolute atomic E-state index is 0.0737. The number of nitrogens with zero attached hydrogens (tertiary/aromatic N) is 1. The fourth-order valence-corrected chi connectivity index (χ4v) is 4.07. The summed E-state index contributed by atoms with van der Waals surface area (Å²) in [7, 11) is -3.66. The number of anilines is 1. The SMILES string of the molecule is CSc1ccc(S(=O)(=O)Nc2ccc(C(=O)N3CCOCC3)cc2)cc1. The van der Waals surface area contributed by atoms with Crippen LogP contribution < -0.4 is 4.72 Å². The minimum atomic E-state index is -3.66. The summed E-state index contributed by atoms with van der Waals surface area (Å²) in [5.74, 6) is -0.0737. The van der Waals surface area contributed by atoms with Gasteiger partial charge >= 0.3 is 0 Å². The first-order chi connectivity index (χ1) is 12.5. The lowest BCUT2D eigenvalue weighted by Gasteiger charge is -2.26. The van der Waals surface area contributed by atoms with Crippen LogP contribution in [0.1, 0.15) is 10.4 Å². The first-order valence-corrected chi connectivity index (χ1v) is 10.8. The van der Waals surface area contributed by atoms with E-state index in [-0.39, 0.29) is 10.8 Å². The number of carbonyl (C=O) groups is 1. The summed E-state index contributed by atoms with van der Waals surface area (Å²) in [6, 6.07) is 13.1. The number of ether oxygens (including phenoxy) is 1. The summed E-state index contributed by atoms with van der Waals surface area (Å²) in [4.78, 5) is 15.3. The zero-order valence-corrected chi connectivity index (χ0v) is 16.0. The lowest BCUT2D eigenvalue weighted by atomic mass is 10.2. The highest BCUT2D eigenvalue weighted by molar-refractivity contribution is 7.98. The van der Waals surface area contributed by atoms with E-state index in [9.17, 15) is 13.2 Å². The number of rotatable bonds is 5. The van der Waals surface area contributed by atoms with Gasteiger partial charge in [-0.2, -0.15) is 0 Å². The maximum Gasteiger partial charge on any atom is 0.261 e. The molecule has 1 amide bonds. The molecule has 138 valence electrons. The van der Waals surface area contributed by atoms with Crippen molar-refractivity contribution in [2.45, 2.75) is 9.79 Å². The van der Waals surface area contributed by atoms with E-state index in [4.69, 9.17) is 4.74 Å². The molecule has 1 saturated heterocycles. The van der Waals surface area contributed by atoms with Gasteiger partial charge in [-0.15, -0.1) is 11.8 Å². The van der Waals surface area contributed by atoms with Gasteiger partial charge in [-0.1, -0.05) is 0 Å². The summed E-state index contributed by atoms with van der Waals surface area (Å²) in [6.45, 7) is 2.22. The number of benzene rings is 2. The van der Waals surface area contributed by atoms with Gasteiger partial charge in [-0.25, -0.2) is 8.42 Å². The zero-order valence-electron chi connectivity index (χ0n) is 14.3. The van der Waals surface area contributed by atoms with Crippen molar-refractivity contribution in [2.24, 2.45) is 0 Å². The van der Waals surface area contributed by atoms with Crippen LogP contribution >= 0.6 is 11.8 Å². The van der Waals surface area contributed by atoms with Crippen molar-refractivity contribution >= 4 is 33.4 Å². The number of amides is 1. The monoisotopic (exact) mass is 392 g/mol. The van der Waals surface area contributed by atoms with E-state index in [1.165, 1.54) is 0 Å². The second-order valence-electron chi connectivity index (χ2n) is 5.76. The molecule has 1 aliphatic rings. The van der Waals surface area contributed by atoms with E-state index in [0.717, 1.165) is 4.90 Å². The number of hydrogen-bond donors (Lipinski definition) is 1. The van der Waals surface area contributed by atoms with Crippen LogP contribution in [0.15, 0.2) is 58.3 Å². The second-order valence-corrected chi connectivity index (χ2v) is 8.33. The summed E-state index contributed by atoms with van der Waals surface area (Å²) in [5, 5.41) is 0. The molecular formula is C18H20N2O4S2. The Morgan fingerprint density at radius 3 is 2.23 bits per heavy atom. The highest BCUT2D eigenvalue weighted by atomic mass is 32.2. The van der Waals surface area contributed by atoms with Gasteiger partial charge in [0.05, 0.1) is 18.1 Å². The topological polar surface area (TPSA) is 75.7 Å². The van der Waals surface area contributed by atoms with Crippen LogP contribution in [-0.4, -0.2) is 51.8 Å². The van der Waals surface area contributed by atoms with Gasteiger partial charge in [0.1, 0.15) is 0 Å². The average Bonchev–Trinajstić information content (AvgIpc) is 2.68. The molecule has 0 saturated carbocycles. The van der Waals surface area contributed by atoms with E-state index in [2.05, 4.69) is 4.72 Å². The van der Waals surface area contributed by atoms with Crippen LogP contribution in [0.5, 0.6) is 0 Å². The third kappa shape index (κ3) is 4.38. The number of morpholine rings is 1. The number of nitrogens with one attached hydrogen (secondary N) is 1. The van der Waals surface area contributed by atoms with E-state index in [0.29, 0.717) is 37.6 Å². The Labute approximate surface area is 157 Å². The molecule has 0 bridgehead atoms. The molecule has 1 N–H and O–H groups in total. The molecule has 2 aromatic rings. The van der Waals surface area contributed by atoms with Crippen molar-refractivity contribution in [2.75, 3.05) is 37.3 Å². The molecule has 3 rings (SSSR count). The third-order valence-electron chi connectivity index (χ3n) is 4.05. The Hall–Kier alpha value is -2.03. The highest BCUT2D eigenvalue weighted by Gasteiger charge is 2.19. The molecule has 2 aromatic carbocycles. The van der Waals surface area contributed by atoms with Crippen molar-refractivity contribution in [3.63, 3.8) is 0 Å². The lowest BCUT2D eigenvalue weighted by molar-refractivity contribution is 0.0303. The van der Waals surface area contributed by atoms with Crippen molar-refractivity contribution in [3.8, 4) is 0 Å². The maximum absolute atomic E-state index is 12.5. The summed E-state index contributed by atoms with van der Waals surface area (Å²) in [6.07, 6.45) is 1.93. The van der Waals surface area contributed by atoms with E-state index >= 15 is 0 Å². The highest BCUT2D eigenvalue weighted by Crippen LogP contribution is 2.21. The Bertz CT molecular complexity index is 859. The predicted molar refractivity (Wildman–Crippen MR) is 102 cm³/mol. The Balaban J connectivity index is 1.70. The van der Waals surface area contributed by atoms with Gasteiger partial charge < -0.3 is 9.64 Å². The first-order valence-electron chi connectivity index (χ1n) is 8.13. The Morgan fingerprint density at radius 1 is 1.04 bits per heavy atom. The largest absolute Gasteiger partial charge is 0.378 e. The van der Waals surface area contributed by atoms with Gasteiger partial charge in [0.2, 0.25) is 0 Å². The molecule has 8 heteroatoms. The smallest absolute Gasteiger partial charge is 0.261 e. The van der Waals surface area contributed by atoms with E-state index < -0.39 is 10.0 Å². The van der Waals surface area contributed by atoms with Gasteiger partial charge in [0.25, 0.3) is 15.9 Å². The molecule has 6 nitrogen and oxygen atoms in total. The third-order valence-corrected chi connectivity index (χ3v) is 6.19. The number of hydrogen-bond acceptors (Lipinski definition) is 5. The minimum Gasteiger partial charge on any atom is -0.378 e. The average molecular weight is 393 g/mol. The zero-order chi connectivity index (χ0) is 18.6. The standard InChI is InChI=1S/C18H20N2O4S2/c1-25-16-6-8-17(9-7-16)26(22,23)19-15-4-2-14(3-5-15)18(21)20-10-12-24-13-11-20/h2-9,19H,10-13H2,1H3. The summed E-state index contributed by atoms with van der Waals surface area (Å²) in [5.41, 5.74) is 0.941. The number of carbonyl (C=O) groups excluding carboxylic acids is 1. The van der Waals surface area contributed by atoms with Crippen LogP contribution in [0, 0.1) is 0 Å². The lowest BCUT2D eigenvalue weighted by Crippen LogP contribution is -2.40. The van der Waals surface area contributed by atoms with E-state index in [1.54, 1.807) is 65.2 Å². The second kappa shape index (κ2) is 8.11. The van der Waals surface area contributed by atoms with E-state index in [1.807, 2.05) is 6.26 Å². The molecule has 1 heterocycles. The van der Waals surface area contributed by atoms with Gasteiger partial charge in [-0.05, 0) is 54.8 Å². The van der Waals surface area contributed by atoms with Crippen LogP contribution in [0.4, 0.5) is 5.69 Å². The fraction of sp³-hybridized carbons (Fsp3) is 0.278. The van der Waals surface area contributed by atoms with Crippen molar-refractivity contribution in [1.29, 1.82) is 0 Å². The number of thioether (sulfide) groups is 1. The maximum atomic E-state index is 12.5. The summed E-state index contributed by atoms with van der Waals surface area (Å²) < 4.78 is 32.7. The van der Waals surface area contributed by atoms with Crippen LogP contribution in [-0.2, 0) is 14.8 Å². The molecule has 0 unspecified atom stereocenters. The molecule has 0 aromatic heterocycles. The quantitative estimate of drug-likeness (QED) is 0.792. The molecule has 0 aliphatic carbocycles. The van der Waals surface area contributed by atoms with Gasteiger partial charge in [0, 0.05) is 29.2 Å². The molecule has 1 aliphatic heterocycles. The van der Waals surface area contributed by atoms with Crippen molar-refractivity contribution in [3.05, 3.63) is 54.1 Å². The van der Waals surface area contributed by atoms with Crippen molar-refractivity contribution in [1.82, 2.24) is 4.90 Å². The fourth-order valence-electron chi connectivity index (χ4n) is 2.60. The molecule has 0 atom stereocenters. The molecule has 0 spiro atoms. The van der Waals surface area contributed by atoms with Gasteiger partial charge in [0.15, 0.2) is 0 Å². The number of sulfonamides is 1. The normalized spacial score (nSPS) is 14.9. The molecule has 1 fully saturated rings. The Kier molecular flexibility index (Phi) is 5.85.